The zero-order valence-corrected chi connectivity index (χ0v) is 22.2. The first kappa shape index (κ1) is 27.6. The Morgan fingerprint density at radius 2 is 1.74 bits per heavy atom. The van der Waals surface area contributed by atoms with Crippen LogP contribution < -0.4 is 10.1 Å². The fourth-order valence-electron chi connectivity index (χ4n) is 5.35. The van der Waals surface area contributed by atoms with E-state index in [0.717, 1.165) is 5.56 Å². The van der Waals surface area contributed by atoms with E-state index in [1.807, 2.05) is 6.07 Å². The van der Waals surface area contributed by atoms with Crippen LogP contribution in [0.2, 0.25) is 0 Å². The average Bonchev–Trinajstić information content (AvgIpc) is 2.92. The van der Waals surface area contributed by atoms with E-state index in [0.29, 0.717) is 22.7 Å². The largest absolute Gasteiger partial charge is 0.497 e. The second kappa shape index (κ2) is 11.5. The topological polar surface area (TPSA) is 134 Å². The minimum Gasteiger partial charge on any atom is -0.497 e. The van der Waals surface area contributed by atoms with Crippen LogP contribution in [-0.4, -0.2) is 43.0 Å². The SMILES string of the molecule is CCOC(=O)C1=C(C)NC2=C(C(=O)[C@@H](C(=O)OCC)[C@H](c3cccc(OC)c3)C2)[C@@H]1c1cccc([N+](=O)[O-])c1. The molecule has 2 aromatic carbocycles. The molecule has 2 aromatic rings. The Bertz CT molecular complexity index is 1390. The highest BCUT2D eigenvalue weighted by molar-refractivity contribution is 6.13. The lowest BCUT2D eigenvalue weighted by molar-refractivity contribution is -0.384. The molecule has 3 atom stereocenters. The van der Waals surface area contributed by atoms with Gasteiger partial charge < -0.3 is 19.5 Å². The first-order valence-corrected chi connectivity index (χ1v) is 12.7. The van der Waals surface area contributed by atoms with Crippen molar-refractivity contribution in [3.05, 3.63) is 92.3 Å². The van der Waals surface area contributed by atoms with Gasteiger partial charge in [-0.25, -0.2) is 4.79 Å². The lowest BCUT2D eigenvalue weighted by Crippen LogP contribution is -2.43. The third kappa shape index (κ3) is 5.27. The van der Waals surface area contributed by atoms with Gasteiger partial charge in [-0.05, 0) is 50.5 Å². The molecule has 0 aromatic heterocycles. The minimum atomic E-state index is -1.19. The van der Waals surface area contributed by atoms with E-state index in [9.17, 15) is 24.5 Å². The van der Waals surface area contributed by atoms with E-state index in [-0.39, 0.29) is 36.5 Å². The summed E-state index contributed by atoms with van der Waals surface area (Å²) in [5.41, 5.74) is 2.27. The summed E-state index contributed by atoms with van der Waals surface area (Å²) in [6, 6.07) is 13.0. The molecule has 10 nitrogen and oxygen atoms in total. The van der Waals surface area contributed by atoms with Gasteiger partial charge in [-0.1, -0.05) is 24.3 Å². The molecule has 0 unspecified atom stereocenters. The van der Waals surface area contributed by atoms with Crippen LogP contribution in [0.5, 0.6) is 5.75 Å². The summed E-state index contributed by atoms with van der Waals surface area (Å²) >= 11 is 0. The Kier molecular flexibility index (Phi) is 8.13. The smallest absolute Gasteiger partial charge is 0.336 e. The van der Waals surface area contributed by atoms with Gasteiger partial charge in [-0.2, -0.15) is 0 Å². The molecular formula is C29H30N2O8. The molecule has 204 valence electrons. The van der Waals surface area contributed by atoms with Gasteiger partial charge in [0.15, 0.2) is 5.78 Å². The number of carbonyl (C=O) groups excluding carboxylic acids is 3. The summed E-state index contributed by atoms with van der Waals surface area (Å²) in [7, 11) is 1.53. The molecule has 0 bridgehead atoms. The fraction of sp³-hybridized carbons (Fsp3) is 0.345. The van der Waals surface area contributed by atoms with Gasteiger partial charge in [0.25, 0.3) is 5.69 Å². The predicted octanol–water partition coefficient (Wildman–Crippen LogP) is 4.32. The number of methoxy groups -OCH3 is 1. The quantitative estimate of drug-likeness (QED) is 0.227. The van der Waals surface area contributed by atoms with E-state index >= 15 is 0 Å². The standard InChI is InChI=1S/C29H30N2O8/c1-5-38-28(33)23-16(3)30-22-15-21(17-9-8-12-20(14-17)37-4)25(29(34)39-6-2)27(32)26(22)24(23)18-10-7-11-19(13-18)31(35)36/h7-14,21,24-25,30H,5-6,15H2,1-4H3/t21-,24+,25-/m0/s1. The Labute approximate surface area is 225 Å². The van der Waals surface area contributed by atoms with Gasteiger partial charge in [-0.15, -0.1) is 0 Å². The maximum atomic E-state index is 14.3. The van der Waals surface area contributed by atoms with Crippen LogP contribution in [-0.2, 0) is 23.9 Å². The number of nitro groups is 1. The number of hydrogen-bond acceptors (Lipinski definition) is 9. The third-order valence-electron chi connectivity index (χ3n) is 6.99. The number of ether oxygens (including phenoxy) is 3. The number of ketones is 1. The molecule has 0 saturated heterocycles. The number of non-ortho nitro benzene ring substituents is 1. The maximum absolute atomic E-state index is 14.3. The van der Waals surface area contributed by atoms with Gasteiger partial charge in [0, 0.05) is 40.9 Å². The van der Waals surface area contributed by atoms with Crippen LogP contribution in [0.1, 0.15) is 50.2 Å². The number of Topliss-reactive ketones (excluding diaryl/α,β-unsaturated/α-hetero) is 1. The Morgan fingerprint density at radius 3 is 2.41 bits per heavy atom. The number of rotatable bonds is 8. The second-order valence-electron chi connectivity index (χ2n) is 9.24. The molecule has 1 N–H and O–H groups in total. The monoisotopic (exact) mass is 534 g/mol. The van der Waals surface area contributed by atoms with Crippen LogP contribution in [0.25, 0.3) is 0 Å². The van der Waals surface area contributed by atoms with E-state index in [1.165, 1.54) is 25.3 Å². The molecule has 10 heteroatoms. The van der Waals surface area contributed by atoms with Crippen molar-refractivity contribution < 1.29 is 33.5 Å². The van der Waals surface area contributed by atoms with Gasteiger partial charge in [0.1, 0.15) is 11.7 Å². The Hall–Kier alpha value is -4.47. The van der Waals surface area contributed by atoms with Crippen molar-refractivity contribution in [2.75, 3.05) is 20.3 Å². The number of esters is 2. The molecule has 0 amide bonds. The number of nitro benzene ring substituents is 1. The highest BCUT2D eigenvalue weighted by atomic mass is 16.6. The Balaban J connectivity index is 1.93. The minimum absolute atomic E-state index is 0.0823. The lowest BCUT2D eigenvalue weighted by Gasteiger charge is -2.39. The molecule has 0 spiro atoms. The number of allylic oxidation sites excluding steroid dienone is 3. The lowest BCUT2D eigenvalue weighted by atomic mass is 9.67. The van der Waals surface area contributed by atoms with Crippen molar-refractivity contribution in [3.63, 3.8) is 0 Å². The van der Waals surface area contributed by atoms with Crippen LogP contribution in [0.15, 0.2) is 71.1 Å². The molecule has 1 aliphatic carbocycles. The van der Waals surface area contributed by atoms with E-state index in [2.05, 4.69) is 5.32 Å². The second-order valence-corrected chi connectivity index (χ2v) is 9.24. The first-order chi connectivity index (χ1) is 18.7. The van der Waals surface area contributed by atoms with Gasteiger partial charge in [0.2, 0.25) is 0 Å². The highest BCUT2D eigenvalue weighted by Crippen LogP contribution is 2.48. The van der Waals surface area contributed by atoms with Crippen molar-refractivity contribution in [1.29, 1.82) is 0 Å². The fourth-order valence-corrected chi connectivity index (χ4v) is 5.35. The summed E-state index contributed by atoms with van der Waals surface area (Å²) in [4.78, 5) is 51.8. The number of benzene rings is 2. The van der Waals surface area contributed by atoms with Crippen molar-refractivity contribution in [3.8, 4) is 5.75 Å². The number of nitrogens with one attached hydrogen (secondary N) is 1. The molecule has 0 saturated carbocycles. The summed E-state index contributed by atoms with van der Waals surface area (Å²) in [6.45, 7) is 5.20. The zero-order valence-electron chi connectivity index (χ0n) is 22.2. The average molecular weight is 535 g/mol. The number of hydrogen-bond donors (Lipinski definition) is 1. The van der Waals surface area contributed by atoms with Crippen molar-refractivity contribution in [1.82, 2.24) is 5.32 Å². The number of carbonyl (C=O) groups is 3. The summed E-state index contributed by atoms with van der Waals surface area (Å²) in [5.74, 6) is -4.00. The number of dihydropyridines is 1. The molecule has 39 heavy (non-hydrogen) atoms. The van der Waals surface area contributed by atoms with Crippen LogP contribution in [0.4, 0.5) is 5.69 Å². The summed E-state index contributed by atoms with van der Waals surface area (Å²) in [5, 5.41) is 14.8. The van der Waals surface area contributed by atoms with Crippen LogP contribution in [0.3, 0.4) is 0 Å². The third-order valence-corrected chi connectivity index (χ3v) is 6.99. The molecule has 0 radical (unpaired) electrons. The maximum Gasteiger partial charge on any atom is 0.336 e. The van der Waals surface area contributed by atoms with E-state index < -0.39 is 40.4 Å². The molecule has 1 heterocycles. The summed E-state index contributed by atoms with van der Waals surface area (Å²) < 4.78 is 16.0. The van der Waals surface area contributed by atoms with Crippen LogP contribution >= 0.6 is 0 Å². The first-order valence-electron chi connectivity index (χ1n) is 12.7. The van der Waals surface area contributed by atoms with E-state index in [4.69, 9.17) is 14.2 Å². The molecular weight excluding hydrogens is 504 g/mol. The molecule has 1 aliphatic heterocycles. The zero-order chi connectivity index (χ0) is 28.3. The van der Waals surface area contributed by atoms with Crippen molar-refractivity contribution >= 4 is 23.4 Å². The van der Waals surface area contributed by atoms with Crippen molar-refractivity contribution in [2.24, 2.45) is 5.92 Å². The molecule has 2 aliphatic rings. The molecule has 4 rings (SSSR count). The van der Waals surface area contributed by atoms with E-state index in [1.54, 1.807) is 45.0 Å². The molecule has 0 fully saturated rings. The van der Waals surface area contributed by atoms with Gasteiger partial charge >= 0.3 is 11.9 Å². The normalized spacial score (nSPS) is 20.6. The Morgan fingerprint density at radius 1 is 1.05 bits per heavy atom. The van der Waals surface area contributed by atoms with Crippen LogP contribution in [0, 0.1) is 16.0 Å². The van der Waals surface area contributed by atoms with Gasteiger partial charge in [-0.3, -0.25) is 19.7 Å². The van der Waals surface area contributed by atoms with Crippen molar-refractivity contribution in [2.45, 2.75) is 39.0 Å². The highest BCUT2D eigenvalue weighted by Gasteiger charge is 2.49. The summed E-state index contributed by atoms with van der Waals surface area (Å²) in [6.07, 6.45) is 0.261. The predicted molar refractivity (Wildman–Crippen MR) is 141 cm³/mol. The van der Waals surface area contributed by atoms with Gasteiger partial charge in [0.05, 0.1) is 30.8 Å². The number of nitrogens with zero attached hydrogens (tertiary/aromatic N) is 1.